The Bertz CT molecular complexity index is 234. The third-order valence-electron chi connectivity index (χ3n) is 2.89. The molecule has 0 spiro atoms. The highest BCUT2D eigenvalue weighted by molar-refractivity contribution is 7.80. The number of primary amides is 1. The van der Waals surface area contributed by atoms with Crippen LogP contribution in [0.4, 0.5) is 0 Å². The average Bonchev–Trinajstić information content (AvgIpc) is 2.18. The lowest BCUT2D eigenvalue weighted by atomic mass is 9.96. The van der Waals surface area contributed by atoms with Gasteiger partial charge in [0.2, 0.25) is 5.91 Å². The molecule has 86 valence electrons. The van der Waals surface area contributed by atoms with Gasteiger partial charge in [0.15, 0.2) is 0 Å². The van der Waals surface area contributed by atoms with Gasteiger partial charge in [-0.05, 0) is 45.3 Å². The third kappa shape index (κ3) is 4.57. The molecule has 4 nitrogen and oxygen atoms in total. The Balaban J connectivity index is 2.14. The van der Waals surface area contributed by atoms with Gasteiger partial charge in [-0.3, -0.25) is 4.79 Å². The molecule has 1 aliphatic heterocycles. The van der Waals surface area contributed by atoms with Crippen LogP contribution >= 0.6 is 12.2 Å². The van der Waals surface area contributed by atoms with E-state index in [1.54, 1.807) is 0 Å². The molecule has 0 aromatic heterocycles. The summed E-state index contributed by atoms with van der Waals surface area (Å²) in [6.45, 7) is 2.94. The van der Waals surface area contributed by atoms with Crippen molar-refractivity contribution < 1.29 is 4.79 Å². The number of carbonyl (C=O) groups is 1. The minimum absolute atomic E-state index is 0.0804. The normalized spacial score (nSPS) is 18.9. The smallest absolute Gasteiger partial charge is 0.220 e. The molecule has 1 amide bonds. The van der Waals surface area contributed by atoms with E-state index in [1.807, 2.05) is 0 Å². The maximum Gasteiger partial charge on any atom is 0.220 e. The van der Waals surface area contributed by atoms with Crippen LogP contribution in [-0.4, -0.2) is 35.4 Å². The van der Waals surface area contributed by atoms with Crippen LogP contribution in [0.25, 0.3) is 0 Å². The van der Waals surface area contributed by atoms with E-state index in [9.17, 15) is 4.79 Å². The molecule has 0 aromatic rings. The van der Waals surface area contributed by atoms with Crippen LogP contribution in [0.15, 0.2) is 0 Å². The van der Waals surface area contributed by atoms with E-state index in [4.69, 9.17) is 23.7 Å². The first kappa shape index (κ1) is 12.4. The van der Waals surface area contributed by atoms with Gasteiger partial charge in [0.05, 0.1) is 4.99 Å². The molecule has 4 N–H and O–H groups in total. The minimum Gasteiger partial charge on any atom is -0.393 e. The number of amides is 1. The van der Waals surface area contributed by atoms with Gasteiger partial charge < -0.3 is 16.4 Å². The molecular formula is C10H19N3OS. The maximum absolute atomic E-state index is 10.9. The average molecular weight is 229 g/mol. The Morgan fingerprint density at radius 1 is 1.33 bits per heavy atom. The molecule has 1 heterocycles. The molecule has 0 radical (unpaired) electrons. The molecule has 0 aliphatic carbocycles. The number of nitrogens with two attached hydrogens (primary N) is 2. The molecular weight excluding hydrogens is 210 g/mol. The summed E-state index contributed by atoms with van der Waals surface area (Å²) >= 11 is 4.81. The fraction of sp³-hybridized carbons (Fsp3) is 0.800. The molecule has 1 rings (SSSR count). The van der Waals surface area contributed by atoms with Crippen molar-refractivity contribution in [2.45, 2.75) is 25.7 Å². The monoisotopic (exact) mass is 229 g/mol. The lowest BCUT2D eigenvalue weighted by Crippen LogP contribution is -2.39. The molecule has 0 bridgehead atoms. The molecule has 0 aromatic carbocycles. The number of piperidine rings is 1. The number of hydrogen-bond acceptors (Lipinski definition) is 3. The van der Waals surface area contributed by atoms with Gasteiger partial charge in [-0.1, -0.05) is 12.2 Å². The van der Waals surface area contributed by atoms with Crippen molar-refractivity contribution in [1.29, 1.82) is 0 Å². The number of hydrogen-bond donors (Lipinski definition) is 2. The van der Waals surface area contributed by atoms with Crippen molar-refractivity contribution >= 4 is 23.1 Å². The molecule has 1 aliphatic rings. The van der Waals surface area contributed by atoms with E-state index < -0.39 is 0 Å². The van der Waals surface area contributed by atoms with Crippen molar-refractivity contribution in [1.82, 2.24) is 4.90 Å². The van der Waals surface area contributed by atoms with Crippen LogP contribution in [0.3, 0.4) is 0 Å². The van der Waals surface area contributed by atoms with E-state index in [0.717, 1.165) is 45.3 Å². The first-order chi connectivity index (χ1) is 7.09. The Morgan fingerprint density at radius 3 is 2.40 bits per heavy atom. The van der Waals surface area contributed by atoms with Gasteiger partial charge in [0.1, 0.15) is 0 Å². The van der Waals surface area contributed by atoms with Crippen molar-refractivity contribution in [3.8, 4) is 0 Å². The summed E-state index contributed by atoms with van der Waals surface area (Å²) in [5, 5.41) is 0. The van der Waals surface area contributed by atoms with Gasteiger partial charge in [0, 0.05) is 5.92 Å². The van der Waals surface area contributed by atoms with E-state index >= 15 is 0 Å². The van der Waals surface area contributed by atoms with Gasteiger partial charge in [-0.2, -0.15) is 0 Å². The SMILES string of the molecule is NC(=O)C1CCN(CCCC(N)=S)CC1. The summed E-state index contributed by atoms with van der Waals surface area (Å²) in [7, 11) is 0. The van der Waals surface area contributed by atoms with E-state index in [2.05, 4.69) is 4.90 Å². The maximum atomic E-state index is 10.9. The summed E-state index contributed by atoms with van der Waals surface area (Å²) < 4.78 is 0. The standard InChI is InChI=1S/C10H19N3OS/c11-9(15)2-1-5-13-6-3-8(4-7-13)10(12)14/h8H,1-7H2,(H2,11,15)(H2,12,14). The second-order valence-electron chi connectivity index (χ2n) is 4.09. The van der Waals surface area contributed by atoms with E-state index in [0.29, 0.717) is 4.99 Å². The summed E-state index contributed by atoms with van der Waals surface area (Å²) in [5.41, 5.74) is 10.7. The highest BCUT2D eigenvalue weighted by atomic mass is 32.1. The van der Waals surface area contributed by atoms with Crippen LogP contribution < -0.4 is 11.5 Å². The zero-order valence-electron chi connectivity index (χ0n) is 8.95. The second-order valence-corrected chi connectivity index (χ2v) is 4.61. The Morgan fingerprint density at radius 2 is 1.93 bits per heavy atom. The quantitative estimate of drug-likeness (QED) is 0.663. The largest absolute Gasteiger partial charge is 0.393 e. The number of likely N-dealkylation sites (tertiary alicyclic amines) is 1. The summed E-state index contributed by atoms with van der Waals surface area (Å²) in [4.78, 5) is 13.9. The Kier molecular flexibility index (Phi) is 4.98. The molecule has 0 saturated carbocycles. The van der Waals surface area contributed by atoms with Crippen LogP contribution in [-0.2, 0) is 4.79 Å². The molecule has 1 saturated heterocycles. The fourth-order valence-corrected chi connectivity index (χ4v) is 2.06. The lowest BCUT2D eigenvalue weighted by Gasteiger charge is -2.30. The molecule has 1 fully saturated rings. The fourth-order valence-electron chi connectivity index (χ4n) is 1.92. The highest BCUT2D eigenvalue weighted by Gasteiger charge is 2.22. The number of rotatable bonds is 5. The van der Waals surface area contributed by atoms with Crippen molar-refractivity contribution in [3.63, 3.8) is 0 Å². The second kappa shape index (κ2) is 6.02. The number of nitrogens with zero attached hydrogens (tertiary/aromatic N) is 1. The summed E-state index contributed by atoms with van der Waals surface area (Å²) in [6.07, 6.45) is 3.60. The van der Waals surface area contributed by atoms with Crippen LogP contribution in [0.1, 0.15) is 25.7 Å². The predicted octanol–water partition coefficient (Wildman–Crippen LogP) is 0.250. The van der Waals surface area contributed by atoms with E-state index in [-0.39, 0.29) is 11.8 Å². The van der Waals surface area contributed by atoms with Gasteiger partial charge >= 0.3 is 0 Å². The first-order valence-corrected chi connectivity index (χ1v) is 5.80. The highest BCUT2D eigenvalue weighted by Crippen LogP contribution is 2.16. The molecule has 5 heteroatoms. The van der Waals surface area contributed by atoms with Crippen LogP contribution in [0.2, 0.25) is 0 Å². The topological polar surface area (TPSA) is 72.4 Å². The summed E-state index contributed by atoms with van der Waals surface area (Å²) in [6, 6.07) is 0. The summed E-state index contributed by atoms with van der Waals surface area (Å²) in [5.74, 6) is -0.0744. The molecule has 15 heavy (non-hydrogen) atoms. The Labute approximate surface area is 96.0 Å². The van der Waals surface area contributed by atoms with Gasteiger partial charge in [-0.15, -0.1) is 0 Å². The zero-order chi connectivity index (χ0) is 11.3. The van der Waals surface area contributed by atoms with Crippen molar-refractivity contribution in [3.05, 3.63) is 0 Å². The molecule has 0 atom stereocenters. The van der Waals surface area contributed by atoms with Gasteiger partial charge in [-0.25, -0.2) is 0 Å². The Hall–Kier alpha value is -0.680. The lowest BCUT2D eigenvalue weighted by molar-refractivity contribution is -0.123. The minimum atomic E-state index is -0.155. The number of thiocarbonyl (C=S) groups is 1. The van der Waals surface area contributed by atoms with E-state index in [1.165, 1.54) is 0 Å². The van der Waals surface area contributed by atoms with Crippen molar-refractivity contribution in [2.24, 2.45) is 17.4 Å². The van der Waals surface area contributed by atoms with Crippen LogP contribution in [0, 0.1) is 5.92 Å². The first-order valence-electron chi connectivity index (χ1n) is 5.39. The van der Waals surface area contributed by atoms with Gasteiger partial charge in [0.25, 0.3) is 0 Å². The third-order valence-corrected chi connectivity index (χ3v) is 3.09. The van der Waals surface area contributed by atoms with Crippen molar-refractivity contribution in [2.75, 3.05) is 19.6 Å². The number of carbonyl (C=O) groups excluding carboxylic acids is 1. The molecule has 0 unspecified atom stereocenters. The zero-order valence-corrected chi connectivity index (χ0v) is 9.76. The predicted molar refractivity (Wildman–Crippen MR) is 64.4 cm³/mol. The van der Waals surface area contributed by atoms with Crippen LogP contribution in [0.5, 0.6) is 0 Å².